The Morgan fingerprint density at radius 1 is 1.21 bits per heavy atom. The zero-order valence-electron chi connectivity index (χ0n) is 17.0. The maximum Gasteiger partial charge on any atom is 0.276 e. The molecule has 4 rings (SSSR count). The number of benzene rings is 1. The first kappa shape index (κ1) is 19.1. The fourth-order valence-electron chi connectivity index (χ4n) is 4.71. The fourth-order valence-corrected chi connectivity index (χ4v) is 4.71. The summed E-state index contributed by atoms with van der Waals surface area (Å²) in [6, 6.07) is 9.21. The zero-order valence-corrected chi connectivity index (χ0v) is 17.0. The van der Waals surface area contributed by atoms with Gasteiger partial charge in [0.25, 0.3) is 5.91 Å². The molecule has 150 valence electrons. The summed E-state index contributed by atoms with van der Waals surface area (Å²) in [5, 5.41) is 12.1. The van der Waals surface area contributed by atoms with E-state index in [2.05, 4.69) is 51.7 Å². The molecule has 6 heteroatoms. The summed E-state index contributed by atoms with van der Waals surface area (Å²) >= 11 is 0. The molecule has 1 atom stereocenters. The molecule has 0 radical (unpaired) electrons. The van der Waals surface area contributed by atoms with Gasteiger partial charge in [-0.2, -0.15) is 0 Å². The monoisotopic (exact) mass is 381 g/mol. The Morgan fingerprint density at radius 2 is 1.96 bits per heavy atom. The van der Waals surface area contributed by atoms with Gasteiger partial charge in [-0.1, -0.05) is 36.4 Å². The molecular weight excluding hydrogens is 350 g/mol. The molecule has 1 saturated heterocycles. The van der Waals surface area contributed by atoms with E-state index in [-0.39, 0.29) is 11.9 Å². The molecule has 0 spiro atoms. The minimum atomic E-state index is 0.0453. The lowest BCUT2D eigenvalue weighted by Gasteiger charge is -2.35. The SMILES string of the molecule is CCCN(C(=O)c1nnn(C2CCNCC2)c1C)C1CCc2ccccc2C1. The van der Waals surface area contributed by atoms with Crippen LogP contribution in [0.15, 0.2) is 24.3 Å². The summed E-state index contributed by atoms with van der Waals surface area (Å²) < 4.78 is 1.98. The lowest BCUT2D eigenvalue weighted by molar-refractivity contribution is 0.0654. The molecule has 1 aromatic heterocycles. The maximum atomic E-state index is 13.5. The van der Waals surface area contributed by atoms with E-state index in [0.717, 1.165) is 63.9 Å². The van der Waals surface area contributed by atoms with Gasteiger partial charge in [-0.15, -0.1) is 5.10 Å². The highest BCUT2D eigenvalue weighted by Crippen LogP contribution is 2.27. The fraction of sp³-hybridized carbons (Fsp3) is 0.591. The van der Waals surface area contributed by atoms with Gasteiger partial charge in [0.2, 0.25) is 0 Å². The van der Waals surface area contributed by atoms with Crippen LogP contribution < -0.4 is 5.32 Å². The van der Waals surface area contributed by atoms with Crippen molar-refractivity contribution < 1.29 is 4.79 Å². The number of hydrogen-bond donors (Lipinski definition) is 1. The van der Waals surface area contributed by atoms with Gasteiger partial charge in [-0.05, 0) is 69.7 Å². The number of amides is 1. The van der Waals surface area contributed by atoms with Crippen LogP contribution in [-0.4, -0.2) is 51.5 Å². The maximum absolute atomic E-state index is 13.5. The van der Waals surface area contributed by atoms with Gasteiger partial charge >= 0.3 is 0 Å². The first-order valence-corrected chi connectivity index (χ1v) is 10.7. The average molecular weight is 382 g/mol. The molecular formula is C22H31N5O. The van der Waals surface area contributed by atoms with Crippen molar-refractivity contribution in [2.75, 3.05) is 19.6 Å². The van der Waals surface area contributed by atoms with Crippen LogP contribution in [0.25, 0.3) is 0 Å². The average Bonchev–Trinajstić information content (AvgIpc) is 3.13. The van der Waals surface area contributed by atoms with Crippen LogP contribution >= 0.6 is 0 Å². The largest absolute Gasteiger partial charge is 0.334 e. The number of aromatic nitrogens is 3. The summed E-state index contributed by atoms with van der Waals surface area (Å²) in [6.07, 6.45) is 6.01. The van der Waals surface area contributed by atoms with E-state index in [1.165, 1.54) is 11.1 Å². The number of rotatable bonds is 5. The van der Waals surface area contributed by atoms with Crippen molar-refractivity contribution in [1.29, 1.82) is 0 Å². The first-order valence-electron chi connectivity index (χ1n) is 10.7. The summed E-state index contributed by atoms with van der Waals surface area (Å²) in [5.74, 6) is 0.0453. The molecule has 0 saturated carbocycles. The Hall–Kier alpha value is -2.21. The topological polar surface area (TPSA) is 63.1 Å². The lowest BCUT2D eigenvalue weighted by atomic mass is 9.87. The standard InChI is InChI=1S/C22H31N5O/c1-3-14-26(20-9-8-17-6-4-5-7-18(17)15-20)22(28)21-16(2)27(25-24-21)19-10-12-23-13-11-19/h4-7,19-20,23H,3,8-15H2,1-2H3. The number of carbonyl (C=O) groups is 1. The van der Waals surface area contributed by atoms with Crippen molar-refractivity contribution in [2.24, 2.45) is 0 Å². The number of carbonyl (C=O) groups excluding carboxylic acids is 1. The van der Waals surface area contributed by atoms with Crippen molar-refractivity contribution in [3.05, 3.63) is 46.8 Å². The molecule has 1 fully saturated rings. The van der Waals surface area contributed by atoms with Crippen molar-refractivity contribution in [2.45, 2.75) is 64.5 Å². The molecule has 1 amide bonds. The van der Waals surface area contributed by atoms with E-state index in [1.807, 2.05) is 11.6 Å². The summed E-state index contributed by atoms with van der Waals surface area (Å²) in [5.41, 5.74) is 4.25. The molecule has 28 heavy (non-hydrogen) atoms. The molecule has 1 aliphatic carbocycles. The van der Waals surface area contributed by atoms with Gasteiger partial charge in [0.15, 0.2) is 5.69 Å². The first-order chi connectivity index (χ1) is 13.7. The Morgan fingerprint density at radius 3 is 2.71 bits per heavy atom. The molecule has 2 aliphatic rings. The van der Waals surface area contributed by atoms with Crippen LogP contribution in [0.3, 0.4) is 0 Å². The number of nitrogens with zero attached hydrogens (tertiary/aromatic N) is 4. The van der Waals surface area contributed by atoms with E-state index in [1.54, 1.807) is 0 Å². The molecule has 1 aliphatic heterocycles. The third-order valence-electron chi connectivity index (χ3n) is 6.27. The van der Waals surface area contributed by atoms with Gasteiger partial charge in [0, 0.05) is 12.6 Å². The van der Waals surface area contributed by atoms with E-state index in [0.29, 0.717) is 11.7 Å². The van der Waals surface area contributed by atoms with Gasteiger partial charge in [-0.3, -0.25) is 4.79 Å². The Bertz CT molecular complexity index is 824. The van der Waals surface area contributed by atoms with E-state index >= 15 is 0 Å². The Balaban J connectivity index is 1.55. The van der Waals surface area contributed by atoms with E-state index in [4.69, 9.17) is 0 Å². The highest BCUT2D eigenvalue weighted by Gasteiger charge is 2.31. The van der Waals surface area contributed by atoms with Crippen molar-refractivity contribution >= 4 is 5.91 Å². The van der Waals surface area contributed by atoms with Crippen molar-refractivity contribution in [3.8, 4) is 0 Å². The minimum Gasteiger partial charge on any atom is -0.334 e. The number of hydrogen-bond acceptors (Lipinski definition) is 4. The number of nitrogens with one attached hydrogen (secondary N) is 1. The number of piperidine rings is 1. The normalized spacial score (nSPS) is 20.0. The third kappa shape index (κ3) is 3.70. The van der Waals surface area contributed by atoms with Crippen LogP contribution in [0, 0.1) is 6.92 Å². The highest BCUT2D eigenvalue weighted by molar-refractivity contribution is 5.93. The Labute approximate surface area is 167 Å². The lowest BCUT2D eigenvalue weighted by Crippen LogP contribution is -2.44. The zero-order chi connectivity index (χ0) is 19.5. The molecule has 2 heterocycles. The summed E-state index contributed by atoms with van der Waals surface area (Å²) in [6.45, 7) is 6.89. The van der Waals surface area contributed by atoms with Crippen LogP contribution in [-0.2, 0) is 12.8 Å². The molecule has 1 aromatic carbocycles. The van der Waals surface area contributed by atoms with Crippen molar-refractivity contribution in [3.63, 3.8) is 0 Å². The molecule has 0 bridgehead atoms. The third-order valence-corrected chi connectivity index (χ3v) is 6.27. The quantitative estimate of drug-likeness (QED) is 0.865. The molecule has 1 unspecified atom stereocenters. The summed E-state index contributed by atoms with van der Waals surface area (Å²) in [4.78, 5) is 15.5. The Kier molecular flexibility index (Phi) is 5.76. The van der Waals surface area contributed by atoms with Gasteiger partial charge in [-0.25, -0.2) is 4.68 Å². The van der Waals surface area contributed by atoms with Crippen LogP contribution in [0.4, 0.5) is 0 Å². The van der Waals surface area contributed by atoms with Gasteiger partial charge in [0.1, 0.15) is 0 Å². The minimum absolute atomic E-state index is 0.0453. The predicted molar refractivity (Wildman–Crippen MR) is 109 cm³/mol. The van der Waals surface area contributed by atoms with E-state index in [9.17, 15) is 4.79 Å². The van der Waals surface area contributed by atoms with Gasteiger partial charge < -0.3 is 10.2 Å². The number of fused-ring (bicyclic) bond motifs is 1. The summed E-state index contributed by atoms with van der Waals surface area (Å²) in [7, 11) is 0. The molecule has 1 N–H and O–H groups in total. The number of aryl methyl sites for hydroxylation is 1. The molecule has 6 nitrogen and oxygen atoms in total. The van der Waals surface area contributed by atoms with Gasteiger partial charge in [0.05, 0.1) is 11.7 Å². The molecule has 2 aromatic rings. The second kappa shape index (κ2) is 8.43. The van der Waals surface area contributed by atoms with Crippen LogP contribution in [0.2, 0.25) is 0 Å². The van der Waals surface area contributed by atoms with E-state index < -0.39 is 0 Å². The second-order valence-corrected chi connectivity index (χ2v) is 8.11. The smallest absolute Gasteiger partial charge is 0.276 e. The van der Waals surface area contributed by atoms with Crippen molar-refractivity contribution in [1.82, 2.24) is 25.2 Å². The highest BCUT2D eigenvalue weighted by atomic mass is 16.2. The van der Waals surface area contributed by atoms with Crippen LogP contribution in [0.1, 0.15) is 66.0 Å². The predicted octanol–water partition coefficient (Wildman–Crippen LogP) is 2.92. The van der Waals surface area contributed by atoms with Crippen LogP contribution in [0.5, 0.6) is 0 Å². The second-order valence-electron chi connectivity index (χ2n) is 8.11.